The number of aryl methyl sites for hydroxylation is 1. The van der Waals surface area contributed by atoms with Crippen molar-refractivity contribution in [2.75, 3.05) is 7.11 Å². The number of hydrogen-bond donors (Lipinski definition) is 0. The van der Waals surface area contributed by atoms with Crippen LogP contribution in [0.25, 0.3) is 10.2 Å². The molecule has 2 aromatic rings. The van der Waals surface area contributed by atoms with Gasteiger partial charge in [-0.15, -0.1) is 11.3 Å². The third kappa shape index (κ3) is 1.14. The molecule has 2 rings (SSSR count). The lowest BCUT2D eigenvalue weighted by atomic mass is 10.4. The Morgan fingerprint density at radius 1 is 1.50 bits per heavy atom. The molecule has 0 saturated carbocycles. The first-order chi connectivity index (χ1) is 5.79. The first-order valence-corrected chi connectivity index (χ1v) is 4.38. The third-order valence-electron chi connectivity index (χ3n) is 1.57. The molecular formula is C8H8N2OS. The standard InChI is InChI=1S/C8H8N2OS/c1-5-10-6-4-9-8(11-2)3-7(6)12-5/h3-4H,1-2H3. The predicted octanol–water partition coefficient (Wildman–Crippen LogP) is 2.01. The Morgan fingerprint density at radius 2 is 2.33 bits per heavy atom. The minimum atomic E-state index is 0.645. The van der Waals surface area contributed by atoms with Gasteiger partial charge in [0.05, 0.1) is 23.0 Å². The molecule has 0 aliphatic rings. The molecule has 0 unspecified atom stereocenters. The van der Waals surface area contributed by atoms with Crippen LogP contribution in [0.4, 0.5) is 0 Å². The first-order valence-electron chi connectivity index (χ1n) is 3.57. The van der Waals surface area contributed by atoms with Crippen LogP contribution in [-0.2, 0) is 0 Å². The molecule has 2 heterocycles. The summed E-state index contributed by atoms with van der Waals surface area (Å²) in [7, 11) is 1.61. The Bertz CT molecular complexity index is 410. The van der Waals surface area contributed by atoms with Gasteiger partial charge in [0, 0.05) is 6.07 Å². The van der Waals surface area contributed by atoms with Crippen LogP contribution in [0.1, 0.15) is 5.01 Å². The van der Waals surface area contributed by atoms with Crippen LogP contribution < -0.4 is 4.74 Å². The van der Waals surface area contributed by atoms with E-state index in [9.17, 15) is 0 Å². The van der Waals surface area contributed by atoms with Crippen molar-refractivity contribution in [3.05, 3.63) is 17.3 Å². The zero-order chi connectivity index (χ0) is 8.55. The molecule has 0 fully saturated rings. The van der Waals surface area contributed by atoms with Gasteiger partial charge < -0.3 is 4.74 Å². The summed E-state index contributed by atoms with van der Waals surface area (Å²) in [6.45, 7) is 1.98. The topological polar surface area (TPSA) is 35.0 Å². The van der Waals surface area contributed by atoms with Gasteiger partial charge in [0.15, 0.2) is 0 Å². The lowest BCUT2D eigenvalue weighted by Crippen LogP contribution is -1.85. The van der Waals surface area contributed by atoms with Gasteiger partial charge in [-0.3, -0.25) is 0 Å². The van der Waals surface area contributed by atoms with Crippen molar-refractivity contribution in [3.63, 3.8) is 0 Å². The summed E-state index contributed by atoms with van der Waals surface area (Å²) in [6, 6.07) is 1.90. The molecule has 2 aromatic heterocycles. The van der Waals surface area contributed by atoms with Crippen LogP contribution in [0.15, 0.2) is 12.3 Å². The molecule has 0 N–H and O–H groups in total. The van der Waals surface area contributed by atoms with Gasteiger partial charge in [-0.1, -0.05) is 0 Å². The summed E-state index contributed by atoms with van der Waals surface area (Å²) in [6.07, 6.45) is 1.73. The van der Waals surface area contributed by atoms with E-state index < -0.39 is 0 Å². The summed E-state index contributed by atoms with van der Waals surface area (Å²) in [4.78, 5) is 8.35. The summed E-state index contributed by atoms with van der Waals surface area (Å²) in [5, 5.41) is 1.06. The van der Waals surface area contributed by atoms with Crippen LogP contribution in [0.3, 0.4) is 0 Å². The average molecular weight is 180 g/mol. The molecule has 12 heavy (non-hydrogen) atoms. The largest absolute Gasteiger partial charge is 0.481 e. The second kappa shape index (κ2) is 2.71. The van der Waals surface area contributed by atoms with E-state index in [0.717, 1.165) is 15.2 Å². The van der Waals surface area contributed by atoms with Crippen molar-refractivity contribution in [1.82, 2.24) is 9.97 Å². The minimum Gasteiger partial charge on any atom is -0.481 e. The van der Waals surface area contributed by atoms with E-state index in [1.807, 2.05) is 13.0 Å². The number of rotatable bonds is 1. The zero-order valence-electron chi connectivity index (χ0n) is 6.87. The maximum absolute atomic E-state index is 5.00. The molecule has 0 atom stereocenters. The van der Waals surface area contributed by atoms with Gasteiger partial charge in [0.25, 0.3) is 0 Å². The molecule has 0 aliphatic heterocycles. The molecule has 0 saturated heterocycles. The van der Waals surface area contributed by atoms with Crippen molar-refractivity contribution in [2.24, 2.45) is 0 Å². The zero-order valence-corrected chi connectivity index (χ0v) is 7.68. The highest BCUT2D eigenvalue weighted by molar-refractivity contribution is 7.18. The third-order valence-corrected chi connectivity index (χ3v) is 2.50. The second-order valence-corrected chi connectivity index (χ2v) is 3.66. The van der Waals surface area contributed by atoms with E-state index in [0.29, 0.717) is 5.88 Å². The molecule has 0 amide bonds. The van der Waals surface area contributed by atoms with Gasteiger partial charge in [-0.05, 0) is 6.92 Å². The van der Waals surface area contributed by atoms with Crippen molar-refractivity contribution < 1.29 is 4.74 Å². The highest BCUT2D eigenvalue weighted by Crippen LogP contribution is 2.23. The fourth-order valence-corrected chi connectivity index (χ4v) is 1.87. The molecule has 3 nitrogen and oxygen atoms in total. The lowest BCUT2D eigenvalue weighted by molar-refractivity contribution is 0.399. The fourth-order valence-electron chi connectivity index (χ4n) is 1.04. The number of pyridine rings is 1. The molecule has 0 aliphatic carbocycles. The van der Waals surface area contributed by atoms with Crippen molar-refractivity contribution in [3.8, 4) is 5.88 Å². The van der Waals surface area contributed by atoms with Crippen LogP contribution in [0.2, 0.25) is 0 Å². The van der Waals surface area contributed by atoms with E-state index in [1.165, 1.54) is 0 Å². The average Bonchev–Trinajstić information content (AvgIpc) is 2.43. The fraction of sp³-hybridized carbons (Fsp3) is 0.250. The van der Waals surface area contributed by atoms with Crippen molar-refractivity contribution in [2.45, 2.75) is 6.92 Å². The SMILES string of the molecule is COc1cc2sc(C)nc2cn1. The van der Waals surface area contributed by atoms with Gasteiger partial charge >= 0.3 is 0 Å². The smallest absolute Gasteiger partial charge is 0.214 e. The Kier molecular flexibility index (Phi) is 1.69. The quantitative estimate of drug-likeness (QED) is 0.673. The summed E-state index contributed by atoms with van der Waals surface area (Å²) in [5.74, 6) is 0.645. The van der Waals surface area contributed by atoms with E-state index in [1.54, 1.807) is 24.6 Å². The van der Waals surface area contributed by atoms with Gasteiger partial charge in [-0.25, -0.2) is 9.97 Å². The van der Waals surface area contributed by atoms with Gasteiger partial charge in [0.2, 0.25) is 5.88 Å². The van der Waals surface area contributed by atoms with E-state index in [2.05, 4.69) is 9.97 Å². The normalized spacial score (nSPS) is 10.5. The van der Waals surface area contributed by atoms with Gasteiger partial charge in [0.1, 0.15) is 5.52 Å². The molecule has 0 radical (unpaired) electrons. The van der Waals surface area contributed by atoms with Crippen LogP contribution in [0, 0.1) is 6.92 Å². The number of methoxy groups -OCH3 is 1. The Morgan fingerprint density at radius 3 is 3.08 bits per heavy atom. The number of hydrogen-bond acceptors (Lipinski definition) is 4. The Hall–Kier alpha value is -1.16. The summed E-state index contributed by atoms with van der Waals surface area (Å²) >= 11 is 1.65. The Balaban J connectivity index is 2.66. The lowest BCUT2D eigenvalue weighted by Gasteiger charge is -1.95. The molecule has 0 spiro atoms. The number of nitrogens with zero attached hydrogens (tertiary/aromatic N) is 2. The maximum atomic E-state index is 5.00. The van der Waals surface area contributed by atoms with E-state index in [-0.39, 0.29) is 0 Å². The number of aromatic nitrogens is 2. The highest BCUT2D eigenvalue weighted by Gasteiger charge is 2.01. The van der Waals surface area contributed by atoms with Crippen molar-refractivity contribution in [1.29, 1.82) is 0 Å². The maximum Gasteiger partial charge on any atom is 0.214 e. The van der Waals surface area contributed by atoms with E-state index in [4.69, 9.17) is 4.74 Å². The first kappa shape index (κ1) is 7.49. The predicted molar refractivity (Wildman–Crippen MR) is 48.7 cm³/mol. The summed E-state index contributed by atoms with van der Waals surface area (Å²) in [5.41, 5.74) is 0.943. The Labute approximate surface area is 74.0 Å². The molecule has 0 aromatic carbocycles. The van der Waals surface area contributed by atoms with Crippen LogP contribution in [0.5, 0.6) is 5.88 Å². The number of thiazole rings is 1. The van der Waals surface area contributed by atoms with Crippen molar-refractivity contribution >= 4 is 21.6 Å². The molecule has 4 heteroatoms. The monoisotopic (exact) mass is 180 g/mol. The number of fused-ring (bicyclic) bond motifs is 1. The highest BCUT2D eigenvalue weighted by atomic mass is 32.1. The van der Waals surface area contributed by atoms with Crippen LogP contribution in [-0.4, -0.2) is 17.1 Å². The van der Waals surface area contributed by atoms with Gasteiger partial charge in [-0.2, -0.15) is 0 Å². The molecular weight excluding hydrogens is 172 g/mol. The molecule has 0 bridgehead atoms. The minimum absolute atomic E-state index is 0.645. The second-order valence-electron chi connectivity index (χ2n) is 2.43. The van der Waals surface area contributed by atoms with Crippen LogP contribution >= 0.6 is 11.3 Å². The summed E-state index contributed by atoms with van der Waals surface area (Å²) < 4.78 is 6.12. The van der Waals surface area contributed by atoms with E-state index >= 15 is 0 Å². The number of ether oxygens (including phenoxy) is 1. The molecule has 62 valence electrons.